The van der Waals surface area contributed by atoms with Crippen molar-refractivity contribution >= 4 is 17.3 Å². The summed E-state index contributed by atoms with van der Waals surface area (Å²) in [7, 11) is 0. The first-order chi connectivity index (χ1) is 8.65. The Hall–Kier alpha value is -1.48. The second-order valence-electron chi connectivity index (χ2n) is 4.29. The van der Waals surface area contributed by atoms with Crippen LogP contribution in [-0.2, 0) is 6.42 Å². The van der Waals surface area contributed by atoms with Crippen molar-refractivity contribution in [1.29, 1.82) is 0 Å². The molecule has 0 spiro atoms. The Bertz CT molecular complexity index is 499. The molecule has 96 valence electrons. The van der Waals surface area contributed by atoms with Crippen LogP contribution < -0.4 is 5.32 Å². The van der Waals surface area contributed by atoms with E-state index in [-0.39, 0.29) is 11.9 Å². The fraction of sp³-hybridized carbons (Fsp3) is 0.286. The fourth-order valence-corrected chi connectivity index (χ4v) is 1.93. The van der Waals surface area contributed by atoms with Crippen LogP contribution in [0, 0.1) is 5.82 Å². The van der Waals surface area contributed by atoms with Gasteiger partial charge in [-0.05, 0) is 43.7 Å². The average molecular weight is 268 g/mol. The highest BCUT2D eigenvalue weighted by Crippen LogP contribution is 2.23. The van der Waals surface area contributed by atoms with Crippen molar-refractivity contribution in [2.24, 2.45) is 0 Å². The van der Waals surface area contributed by atoms with Crippen LogP contribution in [-0.4, -0.2) is 6.04 Å². The molecule has 0 saturated heterocycles. The van der Waals surface area contributed by atoms with Crippen LogP contribution in [0.25, 0.3) is 0 Å². The number of rotatable bonds is 5. The maximum Gasteiger partial charge on any atom is 0.125 e. The second kappa shape index (κ2) is 5.91. The predicted molar refractivity (Wildman–Crippen MR) is 71.5 cm³/mol. The molecule has 0 aliphatic carbocycles. The van der Waals surface area contributed by atoms with Crippen molar-refractivity contribution in [2.45, 2.75) is 25.8 Å². The summed E-state index contributed by atoms with van der Waals surface area (Å²) in [5.41, 5.74) is 0.628. The Morgan fingerprint density at radius 1 is 1.39 bits per heavy atom. The molecular weight excluding hydrogens is 253 g/mol. The molecule has 18 heavy (non-hydrogen) atoms. The monoisotopic (exact) mass is 267 g/mol. The van der Waals surface area contributed by atoms with Crippen LogP contribution in [0.15, 0.2) is 41.0 Å². The highest BCUT2D eigenvalue weighted by Gasteiger charge is 2.07. The van der Waals surface area contributed by atoms with Gasteiger partial charge in [-0.25, -0.2) is 4.39 Å². The van der Waals surface area contributed by atoms with Gasteiger partial charge in [0.1, 0.15) is 11.6 Å². The molecule has 1 N–H and O–H groups in total. The van der Waals surface area contributed by atoms with Gasteiger partial charge >= 0.3 is 0 Å². The summed E-state index contributed by atoms with van der Waals surface area (Å²) in [6.45, 7) is 2.03. The van der Waals surface area contributed by atoms with E-state index < -0.39 is 0 Å². The van der Waals surface area contributed by atoms with Gasteiger partial charge in [-0.3, -0.25) is 0 Å². The molecule has 2 rings (SSSR count). The quantitative estimate of drug-likeness (QED) is 0.862. The molecule has 2 nitrogen and oxygen atoms in total. The molecule has 1 aromatic carbocycles. The van der Waals surface area contributed by atoms with Gasteiger partial charge in [0.15, 0.2) is 0 Å². The molecule has 0 radical (unpaired) electrons. The molecule has 1 atom stereocenters. The first-order valence-corrected chi connectivity index (χ1v) is 6.27. The SMILES string of the molecule is CC(CCc1ccco1)Nc1cc(F)ccc1Cl. The second-order valence-corrected chi connectivity index (χ2v) is 4.69. The van der Waals surface area contributed by atoms with Crippen molar-refractivity contribution in [3.05, 3.63) is 53.2 Å². The first-order valence-electron chi connectivity index (χ1n) is 5.89. The van der Waals surface area contributed by atoms with Gasteiger partial charge in [0.25, 0.3) is 0 Å². The van der Waals surface area contributed by atoms with E-state index in [1.807, 2.05) is 19.1 Å². The molecule has 2 aromatic rings. The Morgan fingerprint density at radius 3 is 2.94 bits per heavy atom. The van der Waals surface area contributed by atoms with E-state index in [1.54, 1.807) is 12.3 Å². The standard InChI is InChI=1S/C14H15ClFNO/c1-10(4-6-12-3-2-8-18-12)17-14-9-11(16)5-7-13(14)15/h2-3,5,7-10,17H,4,6H2,1H3. The highest BCUT2D eigenvalue weighted by molar-refractivity contribution is 6.33. The third-order valence-corrected chi connectivity index (χ3v) is 3.06. The zero-order chi connectivity index (χ0) is 13.0. The largest absolute Gasteiger partial charge is 0.469 e. The lowest BCUT2D eigenvalue weighted by molar-refractivity contribution is 0.495. The van der Waals surface area contributed by atoms with Crippen molar-refractivity contribution in [3.8, 4) is 0 Å². The number of furan rings is 1. The number of hydrogen-bond acceptors (Lipinski definition) is 2. The van der Waals surface area contributed by atoms with Crippen LogP contribution >= 0.6 is 11.6 Å². The van der Waals surface area contributed by atoms with Gasteiger partial charge in [-0.1, -0.05) is 11.6 Å². The van der Waals surface area contributed by atoms with Gasteiger partial charge < -0.3 is 9.73 Å². The van der Waals surface area contributed by atoms with Crippen LogP contribution in [0.3, 0.4) is 0 Å². The minimum absolute atomic E-state index is 0.189. The summed E-state index contributed by atoms with van der Waals surface area (Å²) in [6.07, 6.45) is 3.39. The highest BCUT2D eigenvalue weighted by atomic mass is 35.5. The average Bonchev–Trinajstić information content (AvgIpc) is 2.84. The third kappa shape index (κ3) is 3.50. The molecule has 1 unspecified atom stereocenters. The first kappa shape index (κ1) is 13.0. The van der Waals surface area contributed by atoms with Crippen LogP contribution in [0.5, 0.6) is 0 Å². The lowest BCUT2D eigenvalue weighted by atomic mass is 10.1. The molecule has 0 amide bonds. The molecule has 0 aliphatic heterocycles. The minimum Gasteiger partial charge on any atom is -0.469 e. The van der Waals surface area contributed by atoms with Gasteiger partial charge in [0, 0.05) is 12.5 Å². The Balaban J connectivity index is 1.90. The van der Waals surface area contributed by atoms with Crippen molar-refractivity contribution < 1.29 is 8.81 Å². The molecule has 0 aliphatic rings. The number of hydrogen-bond donors (Lipinski definition) is 1. The van der Waals surface area contributed by atoms with Gasteiger partial charge in [0.2, 0.25) is 0 Å². The van der Waals surface area contributed by atoms with E-state index in [4.69, 9.17) is 16.0 Å². The number of benzene rings is 1. The summed E-state index contributed by atoms with van der Waals surface area (Å²) >= 11 is 5.99. The lowest BCUT2D eigenvalue weighted by Crippen LogP contribution is -2.16. The Labute approximate surface area is 111 Å². The summed E-state index contributed by atoms with van der Waals surface area (Å²) in [6, 6.07) is 8.32. The summed E-state index contributed by atoms with van der Waals surface area (Å²) in [5, 5.41) is 3.73. The zero-order valence-corrected chi connectivity index (χ0v) is 10.9. The van der Waals surface area contributed by atoms with Crippen LogP contribution in [0.1, 0.15) is 19.1 Å². The lowest BCUT2D eigenvalue weighted by Gasteiger charge is -2.15. The predicted octanol–water partition coefficient (Wildman–Crippen LogP) is 4.51. The molecule has 4 heteroatoms. The number of halogens is 2. The molecule has 0 fully saturated rings. The van der Waals surface area contributed by atoms with E-state index in [2.05, 4.69) is 5.32 Å². The summed E-state index contributed by atoms with van der Waals surface area (Å²) < 4.78 is 18.4. The zero-order valence-electron chi connectivity index (χ0n) is 10.1. The molecular formula is C14H15ClFNO. The van der Waals surface area contributed by atoms with Gasteiger partial charge in [-0.2, -0.15) is 0 Å². The third-order valence-electron chi connectivity index (χ3n) is 2.73. The number of aryl methyl sites for hydroxylation is 1. The molecule has 0 saturated carbocycles. The Morgan fingerprint density at radius 2 is 2.22 bits per heavy atom. The van der Waals surface area contributed by atoms with E-state index in [0.29, 0.717) is 10.7 Å². The maximum atomic E-state index is 13.1. The topological polar surface area (TPSA) is 25.2 Å². The number of nitrogens with one attached hydrogen (secondary N) is 1. The smallest absolute Gasteiger partial charge is 0.125 e. The number of anilines is 1. The van der Waals surface area contributed by atoms with Crippen LogP contribution in [0.4, 0.5) is 10.1 Å². The summed E-state index contributed by atoms with van der Waals surface area (Å²) in [4.78, 5) is 0. The molecule has 0 bridgehead atoms. The summed E-state index contributed by atoms with van der Waals surface area (Å²) in [5.74, 6) is 0.661. The molecule has 1 heterocycles. The molecule has 1 aromatic heterocycles. The van der Waals surface area contributed by atoms with Crippen molar-refractivity contribution in [2.75, 3.05) is 5.32 Å². The van der Waals surface area contributed by atoms with E-state index in [9.17, 15) is 4.39 Å². The van der Waals surface area contributed by atoms with Gasteiger partial charge in [0.05, 0.1) is 17.0 Å². The van der Waals surface area contributed by atoms with E-state index in [0.717, 1.165) is 18.6 Å². The van der Waals surface area contributed by atoms with Gasteiger partial charge in [-0.15, -0.1) is 0 Å². The normalized spacial score (nSPS) is 12.4. The van der Waals surface area contributed by atoms with E-state index in [1.165, 1.54) is 12.1 Å². The van der Waals surface area contributed by atoms with E-state index >= 15 is 0 Å². The van der Waals surface area contributed by atoms with Crippen LogP contribution in [0.2, 0.25) is 5.02 Å². The van der Waals surface area contributed by atoms with Crippen molar-refractivity contribution in [1.82, 2.24) is 0 Å². The maximum absolute atomic E-state index is 13.1. The Kier molecular flexibility index (Phi) is 4.26. The minimum atomic E-state index is -0.292. The van der Waals surface area contributed by atoms with Crippen molar-refractivity contribution in [3.63, 3.8) is 0 Å². The fourth-order valence-electron chi connectivity index (χ4n) is 1.76.